The van der Waals surface area contributed by atoms with E-state index >= 15 is 0 Å². The van der Waals surface area contributed by atoms with Gasteiger partial charge in [-0.05, 0) is 41.5 Å². The number of primary amides is 1. The number of carbonyl (C=O) groups excluding carboxylic acids is 2. The van der Waals surface area contributed by atoms with Gasteiger partial charge >= 0.3 is 6.09 Å². The van der Waals surface area contributed by atoms with Crippen LogP contribution in [0.3, 0.4) is 0 Å². The van der Waals surface area contributed by atoms with Crippen molar-refractivity contribution in [3.8, 4) is 0 Å². The zero-order chi connectivity index (χ0) is 13.1. The number of carbonyl (C=O) groups is 2. The van der Waals surface area contributed by atoms with Crippen LogP contribution in [-0.4, -0.2) is 34.6 Å². The summed E-state index contributed by atoms with van der Waals surface area (Å²) < 4.78 is 5.21. The van der Waals surface area contributed by atoms with Crippen LogP contribution in [0.1, 0.15) is 41.5 Å². The van der Waals surface area contributed by atoms with Gasteiger partial charge in [-0.1, -0.05) is 0 Å². The van der Waals surface area contributed by atoms with Gasteiger partial charge < -0.3 is 10.5 Å². The van der Waals surface area contributed by atoms with E-state index in [0.29, 0.717) is 0 Å². The molecule has 0 aliphatic carbocycles. The Morgan fingerprint density at radius 1 is 1.12 bits per heavy atom. The summed E-state index contributed by atoms with van der Waals surface area (Å²) in [5, 5.41) is 0. The van der Waals surface area contributed by atoms with Crippen molar-refractivity contribution in [3.63, 3.8) is 0 Å². The third kappa shape index (κ3) is 5.58. The predicted molar refractivity (Wildman–Crippen MR) is 61.9 cm³/mol. The van der Waals surface area contributed by atoms with Gasteiger partial charge in [0.2, 0.25) is 5.91 Å². The summed E-state index contributed by atoms with van der Waals surface area (Å²) >= 11 is 0. The van der Waals surface area contributed by atoms with Crippen LogP contribution in [0.5, 0.6) is 0 Å². The molecule has 0 aromatic heterocycles. The monoisotopic (exact) mass is 230 g/mol. The normalized spacial score (nSPS) is 12.1. The van der Waals surface area contributed by atoms with E-state index in [1.54, 1.807) is 20.8 Å². The summed E-state index contributed by atoms with van der Waals surface area (Å²) in [5.74, 6) is -0.555. The van der Waals surface area contributed by atoms with Crippen molar-refractivity contribution >= 4 is 12.0 Å². The lowest BCUT2D eigenvalue weighted by Gasteiger charge is -2.35. The minimum absolute atomic E-state index is 0.140. The van der Waals surface area contributed by atoms with Crippen LogP contribution in [0, 0.1) is 0 Å². The summed E-state index contributed by atoms with van der Waals surface area (Å²) in [6.07, 6.45) is -0.529. The van der Waals surface area contributed by atoms with Crippen LogP contribution in [-0.2, 0) is 9.53 Å². The van der Waals surface area contributed by atoms with E-state index < -0.39 is 23.1 Å². The van der Waals surface area contributed by atoms with Crippen molar-refractivity contribution in [1.82, 2.24) is 4.90 Å². The quantitative estimate of drug-likeness (QED) is 0.781. The lowest BCUT2D eigenvalue weighted by Crippen LogP contribution is -2.51. The molecule has 0 bridgehead atoms. The number of ether oxygens (including phenoxy) is 1. The SMILES string of the molecule is CC(C)(C)OC(=O)N(CC(N)=O)C(C)(C)C. The second kappa shape index (κ2) is 4.72. The molecular formula is C11H22N2O3. The third-order valence-corrected chi connectivity index (χ3v) is 1.74. The first kappa shape index (κ1) is 14.7. The average molecular weight is 230 g/mol. The molecule has 0 aliphatic rings. The number of hydrogen-bond donors (Lipinski definition) is 1. The van der Waals surface area contributed by atoms with E-state index in [4.69, 9.17) is 10.5 Å². The molecule has 0 radical (unpaired) electrons. The maximum atomic E-state index is 11.8. The summed E-state index contributed by atoms with van der Waals surface area (Å²) in [4.78, 5) is 24.1. The highest BCUT2D eigenvalue weighted by atomic mass is 16.6. The average Bonchev–Trinajstić information content (AvgIpc) is 1.93. The van der Waals surface area contributed by atoms with Crippen LogP contribution in [0.15, 0.2) is 0 Å². The Balaban J connectivity index is 4.78. The molecule has 0 fully saturated rings. The van der Waals surface area contributed by atoms with Gasteiger partial charge in [-0.3, -0.25) is 9.69 Å². The zero-order valence-corrected chi connectivity index (χ0v) is 11.0. The number of nitrogens with two attached hydrogens (primary N) is 1. The lowest BCUT2D eigenvalue weighted by molar-refractivity contribution is -0.120. The molecule has 0 spiro atoms. The Morgan fingerprint density at radius 2 is 1.56 bits per heavy atom. The fraction of sp³-hybridized carbons (Fsp3) is 0.818. The smallest absolute Gasteiger partial charge is 0.411 e. The molecule has 2 N–H and O–H groups in total. The topological polar surface area (TPSA) is 72.6 Å². The Labute approximate surface area is 96.9 Å². The highest BCUT2D eigenvalue weighted by Crippen LogP contribution is 2.17. The molecular weight excluding hydrogens is 208 g/mol. The molecule has 5 nitrogen and oxygen atoms in total. The van der Waals surface area contributed by atoms with E-state index in [9.17, 15) is 9.59 Å². The molecule has 0 rings (SSSR count). The van der Waals surface area contributed by atoms with Crippen LogP contribution >= 0.6 is 0 Å². The summed E-state index contributed by atoms with van der Waals surface area (Å²) in [7, 11) is 0. The molecule has 5 heteroatoms. The largest absolute Gasteiger partial charge is 0.444 e. The van der Waals surface area contributed by atoms with Crippen LogP contribution in [0.2, 0.25) is 0 Å². The van der Waals surface area contributed by atoms with Gasteiger partial charge in [-0.25, -0.2) is 4.79 Å². The number of amides is 2. The molecule has 0 aromatic carbocycles. The van der Waals surface area contributed by atoms with E-state index in [-0.39, 0.29) is 6.54 Å². The van der Waals surface area contributed by atoms with Gasteiger partial charge in [-0.2, -0.15) is 0 Å². The van der Waals surface area contributed by atoms with Gasteiger partial charge in [0.1, 0.15) is 12.1 Å². The predicted octanol–water partition coefficient (Wildman–Crippen LogP) is 1.51. The fourth-order valence-corrected chi connectivity index (χ4v) is 1.05. The van der Waals surface area contributed by atoms with E-state index in [1.165, 1.54) is 4.90 Å². The standard InChI is InChI=1S/C11H22N2O3/c1-10(2,3)13(7-8(12)14)9(15)16-11(4,5)6/h7H2,1-6H3,(H2,12,14). The summed E-state index contributed by atoms with van der Waals surface area (Å²) in [5.41, 5.74) is 4.02. The van der Waals surface area contributed by atoms with Crippen LogP contribution in [0.4, 0.5) is 4.79 Å². The zero-order valence-electron chi connectivity index (χ0n) is 11.0. The van der Waals surface area contributed by atoms with Crippen molar-refractivity contribution in [1.29, 1.82) is 0 Å². The maximum Gasteiger partial charge on any atom is 0.411 e. The van der Waals surface area contributed by atoms with Crippen molar-refractivity contribution in [2.75, 3.05) is 6.54 Å². The first-order chi connectivity index (χ1) is 6.93. The van der Waals surface area contributed by atoms with Gasteiger partial charge in [0.05, 0.1) is 0 Å². The Morgan fingerprint density at radius 3 is 1.81 bits per heavy atom. The third-order valence-electron chi connectivity index (χ3n) is 1.74. The molecule has 0 saturated carbocycles. The second-order valence-corrected chi connectivity index (χ2v) is 5.70. The molecule has 0 atom stereocenters. The van der Waals surface area contributed by atoms with Crippen molar-refractivity contribution in [3.05, 3.63) is 0 Å². The summed E-state index contributed by atoms with van der Waals surface area (Å²) in [6, 6.07) is 0. The molecule has 94 valence electrons. The first-order valence-electron chi connectivity index (χ1n) is 5.22. The maximum absolute atomic E-state index is 11.8. The van der Waals surface area contributed by atoms with Crippen LogP contribution < -0.4 is 5.73 Å². The van der Waals surface area contributed by atoms with Gasteiger partial charge in [0.15, 0.2) is 0 Å². The van der Waals surface area contributed by atoms with Gasteiger partial charge in [0.25, 0.3) is 0 Å². The molecule has 0 heterocycles. The summed E-state index contributed by atoms with van der Waals surface area (Å²) in [6.45, 7) is 10.6. The molecule has 0 aromatic rings. The van der Waals surface area contributed by atoms with Crippen LogP contribution in [0.25, 0.3) is 0 Å². The number of rotatable bonds is 2. The minimum Gasteiger partial charge on any atom is -0.444 e. The Hall–Kier alpha value is -1.26. The minimum atomic E-state index is -0.585. The number of hydrogen-bond acceptors (Lipinski definition) is 3. The molecule has 0 saturated heterocycles. The molecule has 16 heavy (non-hydrogen) atoms. The van der Waals surface area contributed by atoms with E-state index in [0.717, 1.165) is 0 Å². The molecule has 0 aliphatic heterocycles. The highest BCUT2D eigenvalue weighted by molar-refractivity contribution is 5.81. The van der Waals surface area contributed by atoms with E-state index in [2.05, 4.69) is 0 Å². The molecule has 0 unspecified atom stereocenters. The lowest BCUT2D eigenvalue weighted by atomic mass is 10.1. The first-order valence-corrected chi connectivity index (χ1v) is 5.22. The second-order valence-electron chi connectivity index (χ2n) is 5.70. The van der Waals surface area contributed by atoms with Crippen molar-refractivity contribution < 1.29 is 14.3 Å². The van der Waals surface area contributed by atoms with Crippen molar-refractivity contribution in [2.45, 2.75) is 52.7 Å². The molecule has 2 amide bonds. The highest BCUT2D eigenvalue weighted by Gasteiger charge is 2.31. The fourth-order valence-electron chi connectivity index (χ4n) is 1.05. The van der Waals surface area contributed by atoms with E-state index in [1.807, 2.05) is 20.8 Å². The number of nitrogens with zero attached hydrogens (tertiary/aromatic N) is 1. The van der Waals surface area contributed by atoms with Gasteiger partial charge in [0, 0.05) is 5.54 Å². The Kier molecular flexibility index (Phi) is 4.35. The van der Waals surface area contributed by atoms with Gasteiger partial charge in [-0.15, -0.1) is 0 Å². The Bertz CT molecular complexity index is 274. The van der Waals surface area contributed by atoms with Crippen molar-refractivity contribution in [2.24, 2.45) is 5.73 Å².